The molecule has 1 aromatic rings. The number of amides is 1. The molecule has 1 saturated heterocycles. The summed E-state index contributed by atoms with van der Waals surface area (Å²) in [6, 6.07) is 5.91. The number of aliphatic carboxylic acids is 1. The number of benzene rings is 1. The van der Waals surface area contributed by atoms with Crippen molar-refractivity contribution in [2.75, 3.05) is 26.9 Å². The summed E-state index contributed by atoms with van der Waals surface area (Å²) in [6.45, 7) is 7.22. The van der Waals surface area contributed by atoms with E-state index in [1.165, 1.54) is 38.9 Å². The summed E-state index contributed by atoms with van der Waals surface area (Å²) in [5, 5.41) is 23.9. The number of carboxylic acid groups (broad SMARTS) is 1. The van der Waals surface area contributed by atoms with Crippen molar-refractivity contribution in [1.29, 1.82) is 0 Å². The summed E-state index contributed by atoms with van der Waals surface area (Å²) >= 11 is 0. The lowest BCUT2D eigenvalue weighted by Crippen LogP contribution is -2.54. The average molecular weight is 686 g/mol. The van der Waals surface area contributed by atoms with Gasteiger partial charge in [0.2, 0.25) is 5.91 Å². The fraction of sp³-hybridized carbons (Fsp3) is 0.667. The summed E-state index contributed by atoms with van der Waals surface area (Å²) in [6.07, 6.45) is 15.7. The fourth-order valence-corrected chi connectivity index (χ4v) is 6.14. The summed E-state index contributed by atoms with van der Waals surface area (Å²) in [4.78, 5) is 38.7. The molecule has 3 atom stereocenters. The Morgan fingerprint density at radius 3 is 2.18 bits per heavy atom. The lowest BCUT2D eigenvalue weighted by molar-refractivity contribution is -0.168. The van der Waals surface area contributed by atoms with Gasteiger partial charge in [-0.15, -0.1) is 5.92 Å². The Kier molecular flexibility index (Phi) is 19.7. The van der Waals surface area contributed by atoms with Crippen LogP contribution in [-0.4, -0.2) is 72.4 Å². The zero-order chi connectivity index (χ0) is 36.0. The number of nitrogens with one attached hydrogen (secondary N) is 1. The van der Waals surface area contributed by atoms with Gasteiger partial charge in [-0.1, -0.05) is 89.0 Å². The lowest BCUT2D eigenvalue weighted by Gasteiger charge is -2.30. The number of esters is 1. The fourth-order valence-electron chi connectivity index (χ4n) is 6.14. The number of hydrogen-bond donors (Lipinski definition) is 3. The predicted octanol–water partition coefficient (Wildman–Crippen LogP) is 6.52. The molecule has 1 fully saturated rings. The quantitative estimate of drug-likeness (QED) is 0.0454. The number of hydrogen-bond acceptors (Lipinski definition) is 8. The minimum absolute atomic E-state index is 0.0966. The SMILES string of the molecule is CC#CCOc1ccc(C[C@H](NC(=O)[C@@H](C=CCCCCCCC2(CCCCCCC)OCCO2)[C@@](O)(CCC)C(=O)O)C(=O)OC)cc1. The normalized spacial score (nSPS) is 16.3. The van der Waals surface area contributed by atoms with Gasteiger partial charge in [-0.3, -0.25) is 4.79 Å². The molecule has 1 heterocycles. The van der Waals surface area contributed by atoms with Crippen molar-refractivity contribution in [1.82, 2.24) is 5.32 Å². The highest BCUT2D eigenvalue weighted by molar-refractivity contribution is 5.92. The molecule has 0 bridgehead atoms. The molecule has 274 valence electrons. The van der Waals surface area contributed by atoms with Crippen LogP contribution in [0.4, 0.5) is 0 Å². The third-order valence-electron chi connectivity index (χ3n) is 8.93. The third-order valence-corrected chi connectivity index (χ3v) is 8.93. The Hall–Kier alpha value is -3.39. The molecule has 0 aliphatic carbocycles. The Bertz CT molecular complexity index is 1210. The van der Waals surface area contributed by atoms with Crippen LogP contribution in [-0.2, 0) is 35.0 Å². The Labute approximate surface area is 293 Å². The maximum absolute atomic E-state index is 13.6. The van der Waals surface area contributed by atoms with Crippen LogP contribution in [0.25, 0.3) is 0 Å². The molecular weight excluding hydrogens is 626 g/mol. The van der Waals surface area contributed by atoms with E-state index in [-0.39, 0.29) is 19.4 Å². The summed E-state index contributed by atoms with van der Waals surface area (Å²) in [7, 11) is 1.22. The van der Waals surface area contributed by atoms with E-state index in [9.17, 15) is 24.6 Å². The van der Waals surface area contributed by atoms with Gasteiger partial charge in [0.1, 0.15) is 18.4 Å². The number of rotatable bonds is 25. The van der Waals surface area contributed by atoms with Crippen LogP contribution in [0.2, 0.25) is 0 Å². The van der Waals surface area contributed by atoms with Crippen molar-refractivity contribution in [3.05, 3.63) is 42.0 Å². The second kappa shape index (κ2) is 23.1. The predicted molar refractivity (Wildman–Crippen MR) is 189 cm³/mol. The second-order valence-corrected chi connectivity index (χ2v) is 12.8. The second-order valence-electron chi connectivity index (χ2n) is 12.8. The molecule has 0 unspecified atom stereocenters. The first kappa shape index (κ1) is 41.8. The van der Waals surface area contributed by atoms with E-state index in [0.29, 0.717) is 31.8 Å². The molecule has 1 aromatic carbocycles. The first-order chi connectivity index (χ1) is 23.6. The van der Waals surface area contributed by atoms with Crippen molar-refractivity contribution in [3.8, 4) is 17.6 Å². The molecular formula is C39H59NO9. The standard InChI is InChI=1S/C39H59NO9/c1-5-8-10-14-17-25-38(48-28-29-49-38)26-18-15-12-11-13-16-19-33(39(45,24-7-3)37(43)44)35(41)40-34(36(42)46-4)30-31-20-22-32(23-21-31)47-27-9-6-2/h16,19-23,33-34,45H,5,7-8,10-15,17-18,24-30H2,1-4H3,(H,40,41)(H,43,44)/t33-,34+,39+/m1/s1. The highest BCUT2D eigenvalue weighted by Gasteiger charge is 2.46. The van der Waals surface area contributed by atoms with Crippen molar-refractivity contribution >= 4 is 17.8 Å². The average Bonchev–Trinajstić information content (AvgIpc) is 3.56. The number of ether oxygens (including phenoxy) is 4. The van der Waals surface area contributed by atoms with E-state index in [1.807, 2.05) is 0 Å². The monoisotopic (exact) mass is 685 g/mol. The molecule has 2 rings (SSSR count). The van der Waals surface area contributed by atoms with Gasteiger partial charge in [0.15, 0.2) is 11.4 Å². The molecule has 0 saturated carbocycles. The van der Waals surface area contributed by atoms with E-state index < -0.39 is 41.2 Å². The number of allylic oxidation sites excluding steroid dienone is 1. The first-order valence-electron chi connectivity index (χ1n) is 18.0. The molecule has 49 heavy (non-hydrogen) atoms. The zero-order valence-corrected chi connectivity index (χ0v) is 30.1. The van der Waals surface area contributed by atoms with E-state index in [4.69, 9.17) is 18.9 Å². The zero-order valence-electron chi connectivity index (χ0n) is 30.1. The van der Waals surface area contributed by atoms with Crippen LogP contribution in [0.5, 0.6) is 5.75 Å². The van der Waals surface area contributed by atoms with E-state index in [1.54, 1.807) is 44.2 Å². The van der Waals surface area contributed by atoms with Crippen LogP contribution < -0.4 is 10.1 Å². The number of carbonyl (C=O) groups excluding carboxylic acids is 2. The van der Waals surface area contributed by atoms with Gasteiger partial charge in [-0.05, 0) is 56.7 Å². The minimum Gasteiger partial charge on any atom is -0.481 e. The molecule has 10 nitrogen and oxygen atoms in total. The highest BCUT2D eigenvalue weighted by atomic mass is 16.7. The topological polar surface area (TPSA) is 141 Å². The summed E-state index contributed by atoms with van der Waals surface area (Å²) in [5.41, 5.74) is -1.62. The van der Waals surface area contributed by atoms with Gasteiger partial charge in [0.05, 0.1) is 26.2 Å². The number of methoxy groups -OCH3 is 1. The molecule has 0 spiro atoms. The third kappa shape index (κ3) is 14.5. The van der Waals surface area contributed by atoms with E-state index in [0.717, 1.165) is 50.5 Å². The van der Waals surface area contributed by atoms with Gasteiger partial charge >= 0.3 is 11.9 Å². The van der Waals surface area contributed by atoms with Gasteiger partial charge in [-0.25, -0.2) is 9.59 Å². The van der Waals surface area contributed by atoms with Crippen molar-refractivity contribution in [2.24, 2.45) is 5.92 Å². The molecule has 10 heteroatoms. The van der Waals surface area contributed by atoms with Gasteiger partial charge in [-0.2, -0.15) is 0 Å². The Morgan fingerprint density at radius 2 is 1.61 bits per heavy atom. The van der Waals surface area contributed by atoms with Crippen molar-refractivity contribution in [2.45, 2.75) is 135 Å². The van der Waals surface area contributed by atoms with Gasteiger partial charge < -0.3 is 34.5 Å². The smallest absolute Gasteiger partial charge is 0.336 e. The number of carbonyl (C=O) groups is 3. The number of carboxylic acids is 1. The molecule has 0 aromatic heterocycles. The molecule has 1 aliphatic heterocycles. The molecule has 0 radical (unpaired) electrons. The van der Waals surface area contributed by atoms with Crippen LogP contribution in [0.15, 0.2) is 36.4 Å². The summed E-state index contributed by atoms with van der Waals surface area (Å²) < 4.78 is 22.6. The Balaban J connectivity index is 2.00. The highest BCUT2D eigenvalue weighted by Crippen LogP contribution is 2.32. The largest absolute Gasteiger partial charge is 0.481 e. The van der Waals surface area contributed by atoms with Gasteiger partial charge in [0, 0.05) is 19.3 Å². The Morgan fingerprint density at radius 1 is 0.980 bits per heavy atom. The van der Waals surface area contributed by atoms with Gasteiger partial charge in [0.25, 0.3) is 0 Å². The van der Waals surface area contributed by atoms with Crippen LogP contribution in [0, 0.1) is 17.8 Å². The van der Waals surface area contributed by atoms with Crippen LogP contribution in [0.3, 0.4) is 0 Å². The van der Waals surface area contributed by atoms with E-state index in [2.05, 4.69) is 24.1 Å². The first-order valence-corrected chi connectivity index (χ1v) is 18.0. The van der Waals surface area contributed by atoms with Crippen LogP contribution >= 0.6 is 0 Å². The van der Waals surface area contributed by atoms with Crippen molar-refractivity contribution in [3.63, 3.8) is 0 Å². The number of unbranched alkanes of at least 4 members (excludes halogenated alkanes) is 8. The van der Waals surface area contributed by atoms with Crippen molar-refractivity contribution < 1.29 is 43.5 Å². The number of aliphatic hydroxyl groups is 1. The maximum atomic E-state index is 13.6. The summed E-state index contributed by atoms with van der Waals surface area (Å²) in [5.74, 6) is 1.38. The maximum Gasteiger partial charge on any atom is 0.336 e. The lowest BCUT2D eigenvalue weighted by atomic mass is 9.82. The molecule has 3 N–H and O–H groups in total. The molecule has 1 aliphatic rings. The van der Waals surface area contributed by atoms with Crippen LogP contribution in [0.1, 0.15) is 116 Å². The minimum atomic E-state index is -2.34. The molecule has 1 amide bonds. The van der Waals surface area contributed by atoms with E-state index >= 15 is 0 Å².